The Kier molecular flexibility index (Phi) is 5.66. The number of nitriles is 1. The molecule has 0 fully saturated rings. The van der Waals surface area contributed by atoms with Crippen molar-refractivity contribution in [2.75, 3.05) is 7.11 Å². The number of nitrogens with zero attached hydrogens (tertiary/aromatic N) is 1. The Bertz CT molecular complexity index is 680. The third kappa shape index (κ3) is 3.99. The van der Waals surface area contributed by atoms with E-state index in [0.717, 1.165) is 26.7 Å². The van der Waals surface area contributed by atoms with Gasteiger partial charge in [-0.3, -0.25) is 0 Å². The molecule has 2 aromatic rings. The molecule has 0 amide bonds. The van der Waals surface area contributed by atoms with Crippen molar-refractivity contribution in [1.82, 2.24) is 0 Å². The second kappa shape index (κ2) is 7.48. The van der Waals surface area contributed by atoms with Gasteiger partial charge in [0.15, 0.2) is 0 Å². The summed E-state index contributed by atoms with van der Waals surface area (Å²) >= 11 is 6.93. The summed E-state index contributed by atoms with van der Waals surface area (Å²) in [6, 6.07) is 13.2. The number of hydrogen-bond acceptors (Lipinski definition) is 3. The second-order valence-electron chi connectivity index (χ2n) is 4.31. The maximum absolute atomic E-state index is 8.97. The van der Waals surface area contributed by atoms with Crippen molar-refractivity contribution in [1.29, 1.82) is 5.26 Å². The predicted molar refractivity (Wildman–Crippen MR) is 88.8 cm³/mol. The molecule has 21 heavy (non-hydrogen) atoms. The molecule has 2 aromatic carbocycles. The molecule has 0 N–H and O–H groups in total. The summed E-state index contributed by atoms with van der Waals surface area (Å²) < 4.78 is 12.1. The molecule has 0 aliphatic carbocycles. The van der Waals surface area contributed by atoms with Crippen molar-refractivity contribution < 1.29 is 9.47 Å². The van der Waals surface area contributed by atoms with E-state index in [1.807, 2.05) is 18.2 Å². The van der Waals surface area contributed by atoms with Gasteiger partial charge in [0, 0.05) is 15.4 Å². The Morgan fingerprint density at radius 2 is 1.95 bits per heavy atom. The second-order valence-corrected chi connectivity index (χ2v) is 5.73. The highest BCUT2D eigenvalue weighted by Crippen LogP contribution is 2.26. The van der Waals surface area contributed by atoms with Gasteiger partial charge in [-0.25, -0.2) is 0 Å². The van der Waals surface area contributed by atoms with E-state index in [0.29, 0.717) is 17.9 Å². The number of halogens is 2. The van der Waals surface area contributed by atoms with Crippen LogP contribution < -0.4 is 9.47 Å². The van der Waals surface area contributed by atoms with Crippen LogP contribution in [0.15, 0.2) is 40.9 Å². The van der Waals surface area contributed by atoms with Crippen LogP contribution in [0.4, 0.5) is 0 Å². The molecule has 0 heterocycles. The first-order chi connectivity index (χ1) is 10.2. The summed E-state index contributed by atoms with van der Waals surface area (Å²) in [6.45, 7) is 0.349. The summed E-state index contributed by atoms with van der Waals surface area (Å²) in [4.78, 5) is 0. The first-order valence-corrected chi connectivity index (χ1v) is 8.13. The van der Waals surface area contributed by atoms with Gasteiger partial charge in [-0.05, 0) is 42.0 Å². The lowest BCUT2D eigenvalue weighted by molar-refractivity contribution is 0.296. The number of alkyl halides is 1. The fraction of sp³-hybridized carbons (Fsp3) is 0.188. The highest BCUT2D eigenvalue weighted by atomic mass is 79.9. The smallest absolute Gasteiger partial charge is 0.125 e. The van der Waals surface area contributed by atoms with E-state index in [1.54, 1.807) is 25.3 Å². The fourth-order valence-corrected chi connectivity index (χ4v) is 3.09. The van der Waals surface area contributed by atoms with E-state index in [-0.39, 0.29) is 0 Å². The molecule has 3 nitrogen and oxygen atoms in total. The summed E-state index contributed by atoms with van der Waals surface area (Å²) in [7, 11) is 1.60. The Labute approximate surface area is 140 Å². The van der Waals surface area contributed by atoms with Crippen molar-refractivity contribution in [2.45, 2.75) is 11.9 Å². The molecule has 0 radical (unpaired) electrons. The largest absolute Gasteiger partial charge is 0.496 e. The molecule has 0 aliphatic rings. The van der Waals surface area contributed by atoms with Gasteiger partial charge in [-0.1, -0.05) is 31.9 Å². The van der Waals surface area contributed by atoms with E-state index in [4.69, 9.17) is 14.7 Å². The molecule has 5 heteroatoms. The summed E-state index contributed by atoms with van der Waals surface area (Å²) in [5.74, 6) is 1.49. The average molecular weight is 411 g/mol. The van der Waals surface area contributed by atoms with Crippen molar-refractivity contribution in [3.05, 3.63) is 57.6 Å². The van der Waals surface area contributed by atoms with Crippen LogP contribution in [0.25, 0.3) is 0 Å². The van der Waals surface area contributed by atoms with Crippen molar-refractivity contribution in [3.63, 3.8) is 0 Å². The minimum atomic E-state index is 0.349. The van der Waals surface area contributed by atoms with Gasteiger partial charge in [0.1, 0.15) is 18.1 Å². The zero-order chi connectivity index (χ0) is 15.2. The van der Waals surface area contributed by atoms with Crippen LogP contribution in [0.3, 0.4) is 0 Å². The lowest BCUT2D eigenvalue weighted by Gasteiger charge is -2.11. The van der Waals surface area contributed by atoms with E-state index < -0.39 is 0 Å². The van der Waals surface area contributed by atoms with Crippen molar-refractivity contribution in [3.8, 4) is 17.6 Å². The number of methoxy groups -OCH3 is 1. The molecule has 0 spiro atoms. The molecule has 0 bridgehead atoms. The van der Waals surface area contributed by atoms with E-state index in [9.17, 15) is 0 Å². The molecule has 0 atom stereocenters. The Hall–Kier alpha value is -1.51. The monoisotopic (exact) mass is 409 g/mol. The van der Waals surface area contributed by atoms with E-state index in [1.165, 1.54) is 0 Å². The average Bonchev–Trinajstić information content (AvgIpc) is 2.53. The fourth-order valence-electron chi connectivity index (χ4n) is 1.87. The highest BCUT2D eigenvalue weighted by molar-refractivity contribution is 9.10. The Morgan fingerprint density at radius 1 is 1.14 bits per heavy atom. The summed E-state index contributed by atoms with van der Waals surface area (Å²) in [6.07, 6.45) is 0. The molecule has 0 saturated heterocycles. The lowest BCUT2D eigenvalue weighted by atomic mass is 10.1. The van der Waals surface area contributed by atoms with Crippen molar-refractivity contribution in [2.24, 2.45) is 0 Å². The van der Waals surface area contributed by atoms with Gasteiger partial charge in [0.05, 0.1) is 18.7 Å². The highest BCUT2D eigenvalue weighted by Gasteiger charge is 2.07. The number of rotatable bonds is 5. The molecule has 2 rings (SSSR count). The molecule has 0 saturated carbocycles. The van der Waals surface area contributed by atoms with Gasteiger partial charge >= 0.3 is 0 Å². The van der Waals surface area contributed by atoms with E-state index in [2.05, 4.69) is 37.9 Å². The van der Waals surface area contributed by atoms with Crippen LogP contribution in [0.2, 0.25) is 0 Å². The zero-order valence-corrected chi connectivity index (χ0v) is 14.6. The predicted octanol–water partition coefficient (Wildman–Crippen LogP) is 4.80. The Morgan fingerprint density at radius 3 is 2.62 bits per heavy atom. The third-order valence-corrected chi connectivity index (χ3v) is 4.34. The number of benzene rings is 2. The molecule has 0 unspecified atom stereocenters. The zero-order valence-electron chi connectivity index (χ0n) is 11.4. The van der Waals surface area contributed by atoms with Gasteiger partial charge in [0.2, 0.25) is 0 Å². The van der Waals surface area contributed by atoms with Crippen LogP contribution in [-0.4, -0.2) is 7.11 Å². The maximum atomic E-state index is 8.97. The van der Waals surface area contributed by atoms with Crippen LogP contribution in [-0.2, 0) is 11.9 Å². The number of ether oxygens (including phenoxy) is 2. The number of hydrogen-bond donors (Lipinski definition) is 0. The third-order valence-electron chi connectivity index (χ3n) is 2.96. The first kappa shape index (κ1) is 15.9. The Balaban J connectivity index is 2.18. The molecule has 108 valence electrons. The van der Waals surface area contributed by atoms with Crippen LogP contribution >= 0.6 is 31.9 Å². The van der Waals surface area contributed by atoms with Gasteiger partial charge < -0.3 is 9.47 Å². The minimum Gasteiger partial charge on any atom is -0.496 e. The summed E-state index contributed by atoms with van der Waals surface area (Å²) in [5.41, 5.74) is 2.55. The summed E-state index contributed by atoms with van der Waals surface area (Å²) in [5, 5.41) is 9.72. The maximum Gasteiger partial charge on any atom is 0.125 e. The van der Waals surface area contributed by atoms with Crippen LogP contribution in [0, 0.1) is 11.3 Å². The topological polar surface area (TPSA) is 42.2 Å². The van der Waals surface area contributed by atoms with Gasteiger partial charge in [0.25, 0.3) is 0 Å². The van der Waals surface area contributed by atoms with Crippen molar-refractivity contribution >= 4 is 31.9 Å². The van der Waals surface area contributed by atoms with Gasteiger partial charge in [-0.15, -0.1) is 0 Å². The lowest BCUT2D eigenvalue weighted by Crippen LogP contribution is -2.00. The molecular weight excluding hydrogens is 398 g/mol. The molecular formula is C16H13Br2NO2. The molecule has 0 aliphatic heterocycles. The minimum absolute atomic E-state index is 0.349. The van der Waals surface area contributed by atoms with E-state index >= 15 is 0 Å². The standard InChI is InChI=1S/C16H13Br2NO2/c1-20-16-5-2-11(9-19)6-13(16)10-21-14-3-4-15(18)12(7-14)8-17/h2-7H,8,10H2,1H3. The quantitative estimate of drug-likeness (QED) is 0.664. The normalized spacial score (nSPS) is 10.0. The first-order valence-electron chi connectivity index (χ1n) is 6.22. The van der Waals surface area contributed by atoms with Crippen LogP contribution in [0.5, 0.6) is 11.5 Å². The van der Waals surface area contributed by atoms with Gasteiger partial charge in [-0.2, -0.15) is 5.26 Å². The van der Waals surface area contributed by atoms with Crippen LogP contribution in [0.1, 0.15) is 16.7 Å². The molecule has 0 aromatic heterocycles. The SMILES string of the molecule is COc1ccc(C#N)cc1COc1ccc(Br)c(CBr)c1.